The molecular formula is C20H21N5O2. The maximum absolute atomic E-state index is 13.1. The number of aromatic amines is 2. The number of carbonyl (C=O) groups is 1. The van der Waals surface area contributed by atoms with Crippen LogP contribution >= 0.6 is 0 Å². The third-order valence-corrected chi connectivity index (χ3v) is 5.97. The molecular weight excluding hydrogens is 342 g/mol. The monoisotopic (exact) mass is 363 g/mol. The second-order valence-corrected chi connectivity index (χ2v) is 7.56. The van der Waals surface area contributed by atoms with Gasteiger partial charge in [-0.2, -0.15) is 10.2 Å². The fraction of sp³-hybridized carbons (Fsp3) is 0.350. The number of fused-ring (bicyclic) bond motifs is 2. The van der Waals surface area contributed by atoms with Crippen LogP contribution in [0, 0.1) is 0 Å². The quantitative estimate of drug-likeness (QED) is 0.652. The Labute approximate surface area is 156 Å². The Hall–Kier alpha value is -3.09. The summed E-state index contributed by atoms with van der Waals surface area (Å²) in [6, 6.07) is 8.71. The number of phenols is 1. The predicted molar refractivity (Wildman–Crippen MR) is 99.4 cm³/mol. The Morgan fingerprint density at radius 3 is 3.00 bits per heavy atom. The number of nitrogens with one attached hydrogen (secondary N) is 2. The summed E-state index contributed by atoms with van der Waals surface area (Å²) in [4.78, 5) is 15.0. The van der Waals surface area contributed by atoms with Crippen LogP contribution in [-0.4, -0.2) is 49.4 Å². The minimum atomic E-state index is -0.0452. The van der Waals surface area contributed by atoms with Gasteiger partial charge in [0.05, 0.1) is 11.9 Å². The molecule has 1 fully saturated rings. The van der Waals surface area contributed by atoms with Gasteiger partial charge in [0.25, 0.3) is 5.91 Å². The van der Waals surface area contributed by atoms with Gasteiger partial charge in [0.2, 0.25) is 0 Å². The molecule has 3 N–H and O–H groups in total. The highest BCUT2D eigenvalue weighted by atomic mass is 16.3. The zero-order chi connectivity index (χ0) is 18.4. The van der Waals surface area contributed by atoms with Crippen LogP contribution in [0.1, 0.15) is 41.0 Å². The molecule has 1 aromatic carbocycles. The number of piperidine rings is 1. The fourth-order valence-electron chi connectivity index (χ4n) is 4.60. The zero-order valence-corrected chi connectivity index (χ0v) is 14.9. The van der Waals surface area contributed by atoms with Crippen LogP contribution in [0.5, 0.6) is 5.75 Å². The number of benzene rings is 1. The van der Waals surface area contributed by atoms with Gasteiger partial charge >= 0.3 is 0 Å². The number of rotatable bonds is 2. The Kier molecular flexibility index (Phi) is 3.56. The van der Waals surface area contributed by atoms with Gasteiger partial charge in [-0.25, -0.2) is 0 Å². The van der Waals surface area contributed by atoms with Crippen molar-refractivity contribution in [3.63, 3.8) is 0 Å². The molecule has 1 saturated heterocycles. The van der Waals surface area contributed by atoms with Crippen molar-refractivity contribution in [1.29, 1.82) is 0 Å². The fourth-order valence-corrected chi connectivity index (χ4v) is 4.60. The van der Waals surface area contributed by atoms with E-state index in [1.54, 1.807) is 24.3 Å². The molecule has 5 rings (SSSR count). The minimum absolute atomic E-state index is 0.000291. The molecule has 2 aromatic heterocycles. The standard InChI is InChI=1S/C20H21N5O2/c26-17-5-2-1-4-14(17)15-10-16(23-22-15)19(27)25-9-3-7-20(12-25)8-6-13-11-21-24-18(13)20/h1-2,4-5,10-11,26H,3,6-9,12H2,(H,21,24)(H,22,23). The molecule has 2 aliphatic rings. The van der Waals surface area contributed by atoms with Crippen LogP contribution in [0.4, 0.5) is 0 Å². The molecule has 1 amide bonds. The van der Waals surface area contributed by atoms with Gasteiger partial charge < -0.3 is 10.0 Å². The van der Waals surface area contributed by atoms with E-state index in [1.165, 1.54) is 11.3 Å². The van der Waals surface area contributed by atoms with Gasteiger partial charge in [-0.05, 0) is 49.4 Å². The lowest BCUT2D eigenvalue weighted by Gasteiger charge is -2.40. The molecule has 0 radical (unpaired) electrons. The van der Waals surface area contributed by atoms with Crippen LogP contribution in [0.2, 0.25) is 0 Å². The second kappa shape index (κ2) is 5.97. The van der Waals surface area contributed by atoms with Gasteiger partial charge in [0, 0.05) is 29.8 Å². The zero-order valence-electron chi connectivity index (χ0n) is 14.9. The number of phenolic OH excluding ortho intramolecular Hbond substituents is 1. The van der Waals surface area contributed by atoms with E-state index in [1.807, 2.05) is 17.2 Å². The number of aromatic nitrogens is 4. The summed E-state index contributed by atoms with van der Waals surface area (Å²) < 4.78 is 0. The smallest absolute Gasteiger partial charge is 0.271 e. The summed E-state index contributed by atoms with van der Waals surface area (Å²) in [7, 11) is 0. The normalized spacial score (nSPS) is 21.6. The Morgan fingerprint density at radius 1 is 1.22 bits per heavy atom. The first kappa shape index (κ1) is 16.1. The third kappa shape index (κ3) is 2.53. The molecule has 1 atom stereocenters. The highest BCUT2D eigenvalue weighted by Crippen LogP contribution is 2.44. The summed E-state index contributed by atoms with van der Waals surface area (Å²) in [6.45, 7) is 1.45. The van der Waals surface area contributed by atoms with E-state index in [-0.39, 0.29) is 17.1 Å². The number of hydrogen-bond acceptors (Lipinski definition) is 4. The van der Waals surface area contributed by atoms with E-state index < -0.39 is 0 Å². The summed E-state index contributed by atoms with van der Waals surface area (Å²) in [5.74, 6) is 0.105. The highest BCUT2D eigenvalue weighted by molar-refractivity contribution is 5.93. The van der Waals surface area contributed by atoms with Crippen molar-refractivity contribution in [2.75, 3.05) is 13.1 Å². The van der Waals surface area contributed by atoms with Crippen LogP contribution in [0.3, 0.4) is 0 Å². The number of amides is 1. The lowest BCUT2D eigenvalue weighted by molar-refractivity contribution is 0.0627. The largest absolute Gasteiger partial charge is 0.507 e. The molecule has 3 heterocycles. The Morgan fingerprint density at radius 2 is 2.11 bits per heavy atom. The molecule has 1 aliphatic carbocycles. The van der Waals surface area contributed by atoms with Crippen LogP contribution in [-0.2, 0) is 11.8 Å². The molecule has 3 aromatic rings. The van der Waals surface area contributed by atoms with Crippen LogP contribution in [0.25, 0.3) is 11.3 Å². The van der Waals surface area contributed by atoms with Crippen molar-refractivity contribution in [1.82, 2.24) is 25.3 Å². The number of para-hydroxylation sites is 1. The van der Waals surface area contributed by atoms with Gasteiger partial charge in [-0.1, -0.05) is 12.1 Å². The van der Waals surface area contributed by atoms with E-state index in [4.69, 9.17) is 0 Å². The predicted octanol–water partition coefficient (Wildman–Crippen LogP) is 2.63. The van der Waals surface area contributed by atoms with Gasteiger partial charge in [0.1, 0.15) is 11.4 Å². The number of carbonyl (C=O) groups excluding carboxylic acids is 1. The number of aryl methyl sites for hydroxylation is 1. The third-order valence-electron chi connectivity index (χ3n) is 5.97. The van der Waals surface area contributed by atoms with E-state index in [2.05, 4.69) is 20.4 Å². The summed E-state index contributed by atoms with van der Waals surface area (Å²) >= 11 is 0. The van der Waals surface area contributed by atoms with Crippen molar-refractivity contribution in [3.8, 4) is 17.0 Å². The molecule has 1 aliphatic heterocycles. The molecule has 138 valence electrons. The number of hydrogen-bond donors (Lipinski definition) is 3. The number of nitrogens with zero attached hydrogens (tertiary/aromatic N) is 3. The maximum atomic E-state index is 13.1. The maximum Gasteiger partial charge on any atom is 0.271 e. The SMILES string of the molecule is O=C(c1cc(-c2ccccc2O)n[nH]1)N1CCCC2(CCc3cn[nH]c32)C1. The van der Waals surface area contributed by atoms with Crippen molar-refractivity contribution >= 4 is 5.91 Å². The Bertz CT molecular complexity index is 1010. The molecule has 1 spiro atoms. The minimum Gasteiger partial charge on any atom is -0.507 e. The first-order chi connectivity index (χ1) is 13.2. The van der Waals surface area contributed by atoms with Crippen LogP contribution < -0.4 is 0 Å². The van der Waals surface area contributed by atoms with Gasteiger partial charge in [-0.3, -0.25) is 15.0 Å². The van der Waals surface area contributed by atoms with E-state index in [9.17, 15) is 9.90 Å². The average Bonchev–Trinajstić information content (AvgIpc) is 3.41. The van der Waals surface area contributed by atoms with E-state index in [0.717, 1.165) is 32.2 Å². The van der Waals surface area contributed by atoms with Crippen molar-refractivity contribution in [2.24, 2.45) is 0 Å². The van der Waals surface area contributed by atoms with Gasteiger partial charge in [0.15, 0.2) is 0 Å². The molecule has 27 heavy (non-hydrogen) atoms. The average molecular weight is 363 g/mol. The lowest BCUT2D eigenvalue weighted by Crippen LogP contribution is -2.48. The van der Waals surface area contributed by atoms with Crippen molar-refractivity contribution < 1.29 is 9.90 Å². The second-order valence-electron chi connectivity index (χ2n) is 7.56. The molecule has 1 unspecified atom stereocenters. The van der Waals surface area contributed by atoms with Crippen LogP contribution in [0.15, 0.2) is 36.5 Å². The highest BCUT2D eigenvalue weighted by Gasteiger charge is 2.44. The lowest BCUT2D eigenvalue weighted by atomic mass is 9.77. The molecule has 7 heteroatoms. The number of H-pyrrole nitrogens is 2. The topological polar surface area (TPSA) is 97.9 Å². The first-order valence-electron chi connectivity index (χ1n) is 9.32. The number of aromatic hydroxyl groups is 1. The molecule has 0 saturated carbocycles. The van der Waals surface area contributed by atoms with Gasteiger partial charge in [-0.15, -0.1) is 0 Å². The summed E-state index contributed by atoms with van der Waals surface area (Å²) in [6.07, 6.45) is 6.06. The van der Waals surface area contributed by atoms with E-state index in [0.29, 0.717) is 23.5 Å². The number of likely N-dealkylation sites (tertiary alicyclic amines) is 1. The summed E-state index contributed by atoms with van der Waals surface area (Å²) in [5, 5.41) is 24.5. The van der Waals surface area contributed by atoms with Crippen molar-refractivity contribution in [2.45, 2.75) is 31.1 Å². The summed E-state index contributed by atoms with van der Waals surface area (Å²) in [5.41, 5.74) is 4.13. The van der Waals surface area contributed by atoms with E-state index >= 15 is 0 Å². The molecule has 7 nitrogen and oxygen atoms in total. The molecule has 0 bridgehead atoms. The van der Waals surface area contributed by atoms with Crippen molar-refractivity contribution in [3.05, 3.63) is 53.5 Å². The Balaban J connectivity index is 1.40. The first-order valence-corrected chi connectivity index (χ1v) is 9.32.